The molecule has 2 heteroatoms. The number of nitrogens with zero attached hydrogens (tertiary/aromatic N) is 1. The number of rotatable bonds is 4. The van der Waals surface area contributed by atoms with Crippen LogP contribution in [0.5, 0.6) is 0 Å². The molecule has 0 bridgehead atoms. The molecule has 0 aliphatic heterocycles. The molecule has 1 aromatic carbocycles. The Morgan fingerprint density at radius 2 is 1.71 bits per heavy atom. The standard InChI is InChI=1S/C15H21NSi/c1-4-17(5-2,6-3)14-9-10-15-13(12-14)8-7-11-16-15/h7-12H,4-6H2,1-3H3. The van der Waals surface area contributed by atoms with Crippen LogP contribution in [-0.4, -0.2) is 13.1 Å². The van der Waals surface area contributed by atoms with E-state index in [1.54, 1.807) is 5.19 Å². The molecule has 2 rings (SSSR count). The first-order valence-electron chi connectivity index (χ1n) is 6.61. The fourth-order valence-corrected chi connectivity index (χ4v) is 6.39. The first-order chi connectivity index (χ1) is 8.25. The van der Waals surface area contributed by atoms with Crippen molar-refractivity contribution < 1.29 is 0 Å². The van der Waals surface area contributed by atoms with Gasteiger partial charge in [0, 0.05) is 11.6 Å². The van der Waals surface area contributed by atoms with Gasteiger partial charge in [0.05, 0.1) is 13.6 Å². The number of hydrogen-bond acceptors (Lipinski definition) is 1. The van der Waals surface area contributed by atoms with Gasteiger partial charge in [0.2, 0.25) is 0 Å². The molecule has 0 unspecified atom stereocenters. The zero-order valence-corrected chi connectivity index (χ0v) is 12.0. The highest BCUT2D eigenvalue weighted by atomic mass is 28.3. The molecule has 1 aromatic heterocycles. The van der Waals surface area contributed by atoms with Crippen molar-refractivity contribution in [1.29, 1.82) is 0 Å². The quantitative estimate of drug-likeness (QED) is 0.741. The summed E-state index contributed by atoms with van der Waals surface area (Å²) in [5, 5.41) is 2.89. The Labute approximate surface area is 105 Å². The van der Waals surface area contributed by atoms with Gasteiger partial charge < -0.3 is 0 Å². The molecule has 0 aliphatic carbocycles. The van der Waals surface area contributed by atoms with Gasteiger partial charge in [0.25, 0.3) is 0 Å². The van der Waals surface area contributed by atoms with Crippen LogP contribution in [0.15, 0.2) is 36.5 Å². The summed E-state index contributed by atoms with van der Waals surface area (Å²) >= 11 is 0. The Morgan fingerprint density at radius 3 is 2.35 bits per heavy atom. The minimum atomic E-state index is -1.24. The molecule has 1 nitrogen and oxygen atoms in total. The van der Waals surface area contributed by atoms with Crippen LogP contribution in [0.25, 0.3) is 10.9 Å². The second-order valence-electron chi connectivity index (χ2n) is 4.75. The van der Waals surface area contributed by atoms with E-state index >= 15 is 0 Å². The summed E-state index contributed by atoms with van der Waals surface area (Å²) in [7, 11) is -1.24. The maximum Gasteiger partial charge on any atom is 0.0859 e. The van der Waals surface area contributed by atoms with Crippen LogP contribution < -0.4 is 5.19 Å². The van der Waals surface area contributed by atoms with Crippen LogP contribution >= 0.6 is 0 Å². The molecule has 0 saturated carbocycles. The molecule has 0 aliphatic rings. The summed E-state index contributed by atoms with van der Waals surface area (Å²) in [6.45, 7) is 7.06. The minimum absolute atomic E-state index is 1.11. The normalized spacial score (nSPS) is 11.9. The Kier molecular flexibility index (Phi) is 3.62. The monoisotopic (exact) mass is 243 g/mol. The highest BCUT2D eigenvalue weighted by Gasteiger charge is 2.28. The summed E-state index contributed by atoms with van der Waals surface area (Å²) in [6, 6.07) is 15.1. The van der Waals surface area contributed by atoms with Gasteiger partial charge in [-0.2, -0.15) is 0 Å². The fraction of sp³-hybridized carbons (Fsp3) is 0.400. The lowest BCUT2D eigenvalue weighted by Gasteiger charge is -2.28. The molecular weight excluding hydrogens is 222 g/mol. The van der Waals surface area contributed by atoms with Crippen molar-refractivity contribution in [3.05, 3.63) is 36.5 Å². The SMILES string of the molecule is CC[Si](CC)(CC)c1ccc2ncccc2c1. The van der Waals surface area contributed by atoms with Crippen LogP contribution in [0.4, 0.5) is 0 Å². The smallest absolute Gasteiger partial charge is 0.0859 e. The third-order valence-electron chi connectivity index (χ3n) is 4.25. The molecule has 90 valence electrons. The van der Waals surface area contributed by atoms with Crippen molar-refractivity contribution >= 4 is 24.2 Å². The van der Waals surface area contributed by atoms with E-state index in [0.29, 0.717) is 0 Å². The third-order valence-corrected chi connectivity index (χ3v) is 9.84. The maximum absolute atomic E-state index is 4.40. The van der Waals surface area contributed by atoms with E-state index in [0.717, 1.165) is 5.52 Å². The minimum Gasteiger partial charge on any atom is -0.256 e. The molecule has 0 saturated heterocycles. The molecule has 17 heavy (non-hydrogen) atoms. The average molecular weight is 243 g/mol. The maximum atomic E-state index is 4.40. The molecule has 1 heterocycles. The Bertz CT molecular complexity index is 495. The van der Waals surface area contributed by atoms with Gasteiger partial charge in [-0.3, -0.25) is 4.98 Å². The van der Waals surface area contributed by atoms with Gasteiger partial charge in [0.15, 0.2) is 0 Å². The third kappa shape index (κ3) is 2.14. The van der Waals surface area contributed by atoms with Crippen molar-refractivity contribution in [3.8, 4) is 0 Å². The van der Waals surface area contributed by atoms with Gasteiger partial charge in [-0.15, -0.1) is 0 Å². The number of hydrogen-bond donors (Lipinski definition) is 0. The number of aromatic nitrogens is 1. The highest BCUT2D eigenvalue weighted by Crippen LogP contribution is 2.21. The molecule has 2 aromatic rings. The lowest BCUT2D eigenvalue weighted by Crippen LogP contribution is -2.45. The Morgan fingerprint density at radius 1 is 1.00 bits per heavy atom. The molecule has 0 fully saturated rings. The number of benzene rings is 1. The van der Waals surface area contributed by atoms with Crippen LogP contribution in [0.2, 0.25) is 18.1 Å². The van der Waals surface area contributed by atoms with Crippen LogP contribution in [0, 0.1) is 0 Å². The van der Waals surface area contributed by atoms with Gasteiger partial charge in [0.1, 0.15) is 0 Å². The average Bonchev–Trinajstić information content (AvgIpc) is 2.41. The zero-order valence-electron chi connectivity index (χ0n) is 11.0. The summed E-state index contributed by atoms with van der Waals surface area (Å²) in [4.78, 5) is 4.40. The predicted octanol–water partition coefficient (Wildman–Crippen LogP) is 3.95. The predicted molar refractivity (Wildman–Crippen MR) is 78.6 cm³/mol. The largest absolute Gasteiger partial charge is 0.256 e. The van der Waals surface area contributed by atoms with Gasteiger partial charge in [-0.05, 0) is 12.1 Å². The van der Waals surface area contributed by atoms with E-state index in [2.05, 4.69) is 50.0 Å². The second-order valence-corrected chi connectivity index (χ2v) is 10.0. The number of pyridine rings is 1. The highest BCUT2D eigenvalue weighted by molar-refractivity contribution is 6.91. The van der Waals surface area contributed by atoms with Crippen LogP contribution in [0.3, 0.4) is 0 Å². The second kappa shape index (κ2) is 5.01. The molecular formula is C15H21NSi. The lowest BCUT2D eigenvalue weighted by molar-refractivity contribution is 1.19. The van der Waals surface area contributed by atoms with Gasteiger partial charge in [-0.1, -0.05) is 62.3 Å². The van der Waals surface area contributed by atoms with Crippen molar-refractivity contribution in [2.75, 3.05) is 0 Å². The molecule has 0 atom stereocenters. The fourth-order valence-electron chi connectivity index (χ4n) is 2.77. The summed E-state index contributed by atoms with van der Waals surface area (Å²) in [5.41, 5.74) is 1.11. The van der Waals surface area contributed by atoms with Crippen molar-refractivity contribution in [1.82, 2.24) is 4.98 Å². The van der Waals surface area contributed by atoms with E-state index in [4.69, 9.17) is 0 Å². The van der Waals surface area contributed by atoms with E-state index < -0.39 is 8.07 Å². The summed E-state index contributed by atoms with van der Waals surface area (Å²) in [6.07, 6.45) is 1.87. The molecule has 0 amide bonds. The van der Waals surface area contributed by atoms with Crippen molar-refractivity contribution in [2.45, 2.75) is 38.9 Å². The van der Waals surface area contributed by atoms with E-state index in [9.17, 15) is 0 Å². The number of fused-ring (bicyclic) bond motifs is 1. The molecule has 0 N–H and O–H groups in total. The first-order valence-corrected chi connectivity index (χ1v) is 9.23. The van der Waals surface area contributed by atoms with Gasteiger partial charge in [-0.25, -0.2) is 0 Å². The molecule has 0 radical (unpaired) electrons. The zero-order chi connectivity index (χ0) is 12.3. The van der Waals surface area contributed by atoms with E-state index in [1.807, 2.05) is 12.3 Å². The van der Waals surface area contributed by atoms with E-state index in [1.165, 1.54) is 23.5 Å². The van der Waals surface area contributed by atoms with Crippen molar-refractivity contribution in [2.24, 2.45) is 0 Å². The van der Waals surface area contributed by atoms with Gasteiger partial charge >= 0.3 is 0 Å². The lowest BCUT2D eigenvalue weighted by atomic mass is 10.2. The van der Waals surface area contributed by atoms with Crippen LogP contribution in [0.1, 0.15) is 20.8 Å². The first kappa shape index (κ1) is 12.3. The van der Waals surface area contributed by atoms with Crippen LogP contribution in [-0.2, 0) is 0 Å². The summed E-state index contributed by atoms with van der Waals surface area (Å²) < 4.78 is 0. The Balaban J connectivity index is 2.55. The molecule has 0 spiro atoms. The van der Waals surface area contributed by atoms with E-state index in [-0.39, 0.29) is 0 Å². The summed E-state index contributed by atoms with van der Waals surface area (Å²) in [5.74, 6) is 0. The Hall–Kier alpha value is -1.15. The van der Waals surface area contributed by atoms with Crippen molar-refractivity contribution in [3.63, 3.8) is 0 Å². The topological polar surface area (TPSA) is 12.9 Å².